The van der Waals surface area contributed by atoms with Gasteiger partial charge in [0.15, 0.2) is 0 Å². The van der Waals surface area contributed by atoms with Crippen LogP contribution < -0.4 is 0 Å². The summed E-state index contributed by atoms with van der Waals surface area (Å²) in [5.74, 6) is 0. The van der Waals surface area contributed by atoms with Crippen molar-refractivity contribution in [2.24, 2.45) is 0 Å². The zero-order valence-corrected chi connectivity index (χ0v) is 25.0. The van der Waals surface area contributed by atoms with Gasteiger partial charge in [-0.3, -0.25) is 0 Å². The van der Waals surface area contributed by atoms with Crippen molar-refractivity contribution in [3.8, 4) is 33.4 Å². The molecule has 0 aliphatic rings. The van der Waals surface area contributed by atoms with Crippen LogP contribution in [0.3, 0.4) is 0 Å². The molecule has 1 heteroatoms. The van der Waals surface area contributed by atoms with E-state index in [1.165, 1.54) is 0 Å². The second kappa shape index (κ2) is 10.2. The Morgan fingerprint density at radius 1 is 0.404 bits per heavy atom. The maximum absolute atomic E-state index is 9.29. The predicted molar refractivity (Wildman–Crippen MR) is 200 cm³/mol. The van der Waals surface area contributed by atoms with Crippen molar-refractivity contribution in [3.05, 3.63) is 170 Å². The molecule has 0 bridgehead atoms. The normalized spacial score (nSPS) is 14.2. The lowest BCUT2D eigenvalue weighted by Crippen LogP contribution is -1.91. The Morgan fingerprint density at radius 3 is 1.70 bits per heavy atom. The van der Waals surface area contributed by atoms with Crippen LogP contribution in [0.25, 0.3) is 98.4 Å². The summed E-state index contributed by atoms with van der Waals surface area (Å²) in [7, 11) is 0. The SMILES string of the molecule is [2H]c1c([2H])c([2H])c2c(-c3ccc4ccccc4c3)c3c([2H])c([2H])c([2H])c([2H])c3c(-c3ccc(-c4cccc5oc6c7ccccc7ccc6c45)cc3)c2c1[2H]. The third-order valence-corrected chi connectivity index (χ3v) is 9.28. The van der Waals surface area contributed by atoms with Crippen LogP contribution in [-0.4, -0.2) is 0 Å². The zero-order valence-electron chi connectivity index (χ0n) is 33.0. The van der Waals surface area contributed by atoms with Crippen molar-refractivity contribution in [3.63, 3.8) is 0 Å². The number of furan rings is 1. The van der Waals surface area contributed by atoms with Gasteiger partial charge < -0.3 is 4.42 Å². The minimum atomic E-state index is -0.425. The molecule has 10 aromatic rings. The van der Waals surface area contributed by atoms with E-state index in [2.05, 4.69) is 24.3 Å². The van der Waals surface area contributed by atoms with Gasteiger partial charge in [0, 0.05) is 16.2 Å². The monoisotopic (exact) mass is 604 g/mol. The van der Waals surface area contributed by atoms with Gasteiger partial charge >= 0.3 is 0 Å². The van der Waals surface area contributed by atoms with E-state index in [9.17, 15) is 5.48 Å². The summed E-state index contributed by atoms with van der Waals surface area (Å²) in [6, 6.07) is 36.4. The summed E-state index contributed by atoms with van der Waals surface area (Å²) < 4.78 is 78.5. The molecule has 9 aromatic carbocycles. The molecule has 0 aliphatic heterocycles. The van der Waals surface area contributed by atoms with Gasteiger partial charge in [0.2, 0.25) is 0 Å². The molecular formula is C46H28O. The van der Waals surface area contributed by atoms with Gasteiger partial charge in [-0.05, 0) is 89.3 Å². The van der Waals surface area contributed by atoms with Gasteiger partial charge in [0.25, 0.3) is 0 Å². The average molecular weight is 605 g/mol. The third kappa shape index (κ3) is 3.97. The van der Waals surface area contributed by atoms with Gasteiger partial charge in [0.05, 0.1) is 11.0 Å². The second-order valence-electron chi connectivity index (χ2n) is 11.8. The second-order valence-corrected chi connectivity index (χ2v) is 11.8. The van der Waals surface area contributed by atoms with E-state index in [0.717, 1.165) is 54.6 Å². The van der Waals surface area contributed by atoms with Gasteiger partial charge in [-0.25, -0.2) is 0 Å². The maximum Gasteiger partial charge on any atom is 0.143 e. The first kappa shape index (κ1) is 19.4. The van der Waals surface area contributed by atoms with Crippen LogP contribution in [0.1, 0.15) is 11.0 Å². The standard InChI is InChI=1S/C46H28O/c1-2-12-33-28-34(25-20-29(33)10-1)44-39-16-7-5-14-37(39)43(38-15-6-8-17-40(38)44)32-23-21-31(22-24-32)35-18-9-19-42-45(35)41-27-26-30-11-3-4-13-36(30)46(41)47-42/h1-28H/i5D,6D,7D,8D,14D,15D,16D,17D. The van der Waals surface area contributed by atoms with Crippen molar-refractivity contribution >= 4 is 65.0 Å². The summed E-state index contributed by atoms with van der Waals surface area (Å²) >= 11 is 0. The van der Waals surface area contributed by atoms with Crippen molar-refractivity contribution < 1.29 is 15.4 Å². The van der Waals surface area contributed by atoms with Crippen LogP contribution in [-0.2, 0) is 0 Å². The molecule has 0 spiro atoms. The first-order chi connectivity index (χ1) is 26.6. The lowest BCUT2D eigenvalue weighted by molar-refractivity contribution is 0.673. The molecule has 0 unspecified atom stereocenters. The van der Waals surface area contributed by atoms with Crippen LogP contribution >= 0.6 is 0 Å². The first-order valence-electron chi connectivity index (χ1n) is 19.5. The van der Waals surface area contributed by atoms with Crippen LogP contribution in [0.2, 0.25) is 0 Å². The van der Waals surface area contributed by atoms with E-state index >= 15 is 0 Å². The van der Waals surface area contributed by atoms with Crippen molar-refractivity contribution in [1.29, 1.82) is 0 Å². The van der Waals surface area contributed by atoms with E-state index in [4.69, 9.17) is 9.90 Å². The highest BCUT2D eigenvalue weighted by Gasteiger charge is 2.18. The Labute approximate surface area is 283 Å². The van der Waals surface area contributed by atoms with Gasteiger partial charge in [-0.2, -0.15) is 0 Å². The predicted octanol–water partition coefficient (Wildman–Crippen LogP) is 13.2. The quantitative estimate of drug-likeness (QED) is 0.183. The molecule has 1 heterocycles. The molecule has 10 rings (SSSR count). The van der Waals surface area contributed by atoms with E-state index in [1.807, 2.05) is 97.1 Å². The number of hydrogen-bond acceptors (Lipinski definition) is 1. The van der Waals surface area contributed by atoms with Gasteiger partial charge in [-0.15, -0.1) is 0 Å². The molecule has 0 saturated carbocycles. The minimum absolute atomic E-state index is 0.189. The first-order valence-corrected chi connectivity index (χ1v) is 15.5. The molecular weight excluding hydrogens is 569 g/mol. The molecule has 47 heavy (non-hydrogen) atoms. The molecule has 0 N–H and O–H groups in total. The summed E-state index contributed by atoms with van der Waals surface area (Å²) in [4.78, 5) is 0. The van der Waals surface area contributed by atoms with E-state index in [-0.39, 0.29) is 45.7 Å². The Kier molecular flexibility index (Phi) is 4.19. The molecule has 0 fully saturated rings. The lowest BCUT2D eigenvalue weighted by atomic mass is 9.85. The van der Waals surface area contributed by atoms with Crippen LogP contribution in [0, 0.1) is 0 Å². The molecule has 0 aliphatic carbocycles. The summed E-state index contributed by atoms with van der Waals surface area (Å²) in [5, 5.41) is 6.68. The highest BCUT2D eigenvalue weighted by molar-refractivity contribution is 6.22. The van der Waals surface area contributed by atoms with Gasteiger partial charge in [-0.1, -0.05) is 151 Å². The number of hydrogen-bond donors (Lipinski definition) is 0. The topological polar surface area (TPSA) is 13.1 Å². The molecule has 0 atom stereocenters. The highest BCUT2D eigenvalue weighted by atomic mass is 16.3. The largest absolute Gasteiger partial charge is 0.455 e. The minimum Gasteiger partial charge on any atom is -0.455 e. The fourth-order valence-corrected chi connectivity index (χ4v) is 7.16. The highest BCUT2D eigenvalue weighted by Crippen LogP contribution is 2.45. The van der Waals surface area contributed by atoms with E-state index in [0.29, 0.717) is 22.3 Å². The van der Waals surface area contributed by atoms with E-state index < -0.39 is 24.2 Å². The van der Waals surface area contributed by atoms with Crippen LogP contribution in [0.4, 0.5) is 0 Å². The Balaban J connectivity index is 1.29. The smallest absolute Gasteiger partial charge is 0.143 e. The van der Waals surface area contributed by atoms with Crippen molar-refractivity contribution in [2.75, 3.05) is 0 Å². The Hall–Kier alpha value is -6.18. The molecule has 1 nitrogen and oxygen atoms in total. The fraction of sp³-hybridized carbons (Fsp3) is 0. The third-order valence-electron chi connectivity index (χ3n) is 9.28. The Morgan fingerprint density at radius 2 is 0.979 bits per heavy atom. The molecule has 0 saturated heterocycles. The lowest BCUT2D eigenvalue weighted by Gasteiger charge is -2.18. The summed E-state index contributed by atoms with van der Waals surface area (Å²) in [6.45, 7) is 0. The molecule has 218 valence electrons. The number of benzene rings is 9. The van der Waals surface area contributed by atoms with Crippen molar-refractivity contribution in [2.45, 2.75) is 0 Å². The van der Waals surface area contributed by atoms with Crippen LogP contribution in [0.15, 0.2) is 174 Å². The Bertz CT molecular complexity index is 3210. The number of fused-ring (bicyclic) bond motifs is 8. The molecule has 0 amide bonds. The zero-order chi connectivity index (χ0) is 37.9. The van der Waals surface area contributed by atoms with Gasteiger partial charge in [0.1, 0.15) is 11.2 Å². The average Bonchev–Trinajstić information content (AvgIpc) is 3.62. The summed E-state index contributed by atoms with van der Waals surface area (Å²) in [5.41, 5.74) is 5.18. The number of rotatable bonds is 3. The van der Waals surface area contributed by atoms with E-state index in [1.54, 1.807) is 0 Å². The molecule has 1 aromatic heterocycles. The molecule has 0 radical (unpaired) electrons. The van der Waals surface area contributed by atoms with Crippen molar-refractivity contribution in [1.82, 2.24) is 0 Å². The summed E-state index contributed by atoms with van der Waals surface area (Å²) in [6.07, 6.45) is 0. The van der Waals surface area contributed by atoms with Crippen LogP contribution in [0.5, 0.6) is 0 Å². The maximum atomic E-state index is 9.29. The fourth-order valence-electron chi connectivity index (χ4n) is 7.16.